The van der Waals surface area contributed by atoms with Crippen molar-refractivity contribution in [3.05, 3.63) is 35.0 Å². The van der Waals surface area contributed by atoms with E-state index in [1.165, 1.54) is 5.56 Å². The van der Waals surface area contributed by atoms with Gasteiger partial charge in [0.05, 0.1) is 6.04 Å². The summed E-state index contributed by atoms with van der Waals surface area (Å²) in [5.74, 6) is 0.0154. The Morgan fingerprint density at radius 2 is 2.11 bits per heavy atom. The van der Waals surface area contributed by atoms with Crippen LogP contribution in [0.15, 0.2) is 18.2 Å². The van der Waals surface area contributed by atoms with Crippen molar-refractivity contribution in [3.8, 4) is 0 Å². The van der Waals surface area contributed by atoms with E-state index in [1.54, 1.807) is 0 Å². The lowest BCUT2D eigenvalue weighted by molar-refractivity contribution is 0.0924. The number of aromatic amines is 1. The number of hydrogen-bond donors (Lipinski definition) is 3. The predicted molar refractivity (Wildman–Crippen MR) is 71.9 cm³/mol. The van der Waals surface area contributed by atoms with Crippen LogP contribution in [0.25, 0.3) is 10.9 Å². The number of H-pyrrole nitrogens is 1. The summed E-state index contributed by atoms with van der Waals surface area (Å²) >= 11 is 0. The fourth-order valence-electron chi connectivity index (χ4n) is 2.26. The average molecular weight is 243 g/mol. The average Bonchev–Trinajstić information content (AvgIpc) is 2.59. The fraction of sp³-hybridized carbons (Fsp3) is 0.357. The Bertz CT molecular complexity index is 611. The number of rotatable bonds is 2. The zero-order valence-corrected chi connectivity index (χ0v) is 10.6. The van der Waals surface area contributed by atoms with Crippen LogP contribution in [0.1, 0.15) is 21.6 Å². The minimum atomic E-state index is 0.0154. The molecule has 3 rings (SSSR count). The van der Waals surface area contributed by atoms with Crippen LogP contribution in [0, 0.1) is 13.8 Å². The molecule has 2 heterocycles. The van der Waals surface area contributed by atoms with Gasteiger partial charge in [-0.3, -0.25) is 4.79 Å². The smallest absolute Gasteiger partial charge is 0.251 e. The van der Waals surface area contributed by atoms with E-state index >= 15 is 0 Å². The van der Waals surface area contributed by atoms with Gasteiger partial charge in [0, 0.05) is 35.2 Å². The van der Waals surface area contributed by atoms with Crippen LogP contribution >= 0.6 is 0 Å². The maximum atomic E-state index is 12.1. The number of carbonyl (C=O) groups excluding carboxylic acids is 1. The van der Waals surface area contributed by atoms with Gasteiger partial charge >= 0.3 is 0 Å². The summed E-state index contributed by atoms with van der Waals surface area (Å²) < 4.78 is 0. The molecule has 1 aliphatic heterocycles. The minimum absolute atomic E-state index is 0.0154. The molecule has 0 radical (unpaired) electrons. The Balaban J connectivity index is 1.91. The number of fused-ring (bicyclic) bond motifs is 1. The molecule has 0 unspecified atom stereocenters. The topological polar surface area (TPSA) is 56.9 Å². The fourth-order valence-corrected chi connectivity index (χ4v) is 2.26. The van der Waals surface area contributed by atoms with Crippen molar-refractivity contribution < 1.29 is 4.79 Å². The van der Waals surface area contributed by atoms with Crippen molar-refractivity contribution in [2.75, 3.05) is 13.1 Å². The highest BCUT2D eigenvalue weighted by molar-refractivity contribution is 5.99. The molecule has 0 spiro atoms. The molecule has 0 bridgehead atoms. The highest BCUT2D eigenvalue weighted by Gasteiger charge is 2.19. The number of aromatic nitrogens is 1. The summed E-state index contributed by atoms with van der Waals surface area (Å²) in [6.07, 6.45) is 0. The van der Waals surface area contributed by atoms with Gasteiger partial charge in [-0.15, -0.1) is 0 Å². The Morgan fingerprint density at radius 3 is 2.78 bits per heavy atom. The maximum Gasteiger partial charge on any atom is 0.251 e. The van der Waals surface area contributed by atoms with E-state index in [0.29, 0.717) is 0 Å². The third kappa shape index (κ3) is 1.78. The number of amides is 1. The first-order chi connectivity index (χ1) is 8.65. The zero-order chi connectivity index (χ0) is 12.7. The molecule has 4 nitrogen and oxygen atoms in total. The first-order valence-electron chi connectivity index (χ1n) is 6.25. The first-order valence-corrected chi connectivity index (χ1v) is 6.25. The summed E-state index contributed by atoms with van der Waals surface area (Å²) in [4.78, 5) is 15.4. The van der Waals surface area contributed by atoms with Crippen LogP contribution in [-0.2, 0) is 0 Å². The molecule has 1 aromatic carbocycles. The van der Waals surface area contributed by atoms with Crippen molar-refractivity contribution in [3.63, 3.8) is 0 Å². The number of aryl methyl sites for hydroxylation is 2. The van der Waals surface area contributed by atoms with Gasteiger partial charge in [0.2, 0.25) is 0 Å². The molecule has 1 fully saturated rings. The van der Waals surface area contributed by atoms with E-state index in [1.807, 2.05) is 18.2 Å². The zero-order valence-electron chi connectivity index (χ0n) is 10.6. The van der Waals surface area contributed by atoms with Crippen LogP contribution in [0.3, 0.4) is 0 Å². The summed E-state index contributed by atoms with van der Waals surface area (Å²) in [5.41, 5.74) is 4.19. The van der Waals surface area contributed by atoms with Gasteiger partial charge in [0.25, 0.3) is 5.91 Å². The quantitative estimate of drug-likeness (QED) is 0.748. The second-order valence-corrected chi connectivity index (χ2v) is 4.96. The summed E-state index contributed by atoms with van der Waals surface area (Å²) in [5, 5.41) is 7.28. The SMILES string of the molecule is Cc1[nH]c2ccc(C(=O)NC3CNC3)cc2c1C. The van der Waals surface area contributed by atoms with E-state index in [9.17, 15) is 4.79 Å². The maximum absolute atomic E-state index is 12.1. The molecule has 1 saturated heterocycles. The molecule has 0 saturated carbocycles. The molecule has 2 aromatic rings. The van der Waals surface area contributed by atoms with E-state index in [2.05, 4.69) is 29.5 Å². The molecule has 0 aliphatic carbocycles. The Labute approximate surface area is 106 Å². The van der Waals surface area contributed by atoms with Crippen molar-refractivity contribution >= 4 is 16.8 Å². The molecule has 1 amide bonds. The van der Waals surface area contributed by atoms with Crippen molar-refractivity contribution in [2.45, 2.75) is 19.9 Å². The van der Waals surface area contributed by atoms with Crippen LogP contribution in [0.2, 0.25) is 0 Å². The molecule has 4 heteroatoms. The standard InChI is InChI=1S/C14H17N3O/c1-8-9(2)16-13-4-3-10(5-12(8)13)14(18)17-11-6-15-7-11/h3-5,11,15-16H,6-7H2,1-2H3,(H,17,18). The van der Waals surface area contributed by atoms with Crippen molar-refractivity contribution in [1.82, 2.24) is 15.6 Å². The predicted octanol–water partition coefficient (Wildman–Crippen LogP) is 1.49. The molecule has 1 aliphatic rings. The lowest BCUT2D eigenvalue weighted by atomic mass is 10.1. The van der Waals surface area contributed by atoms with Crippen LogP contribution in [-0.4, -0.2) is 30.0 Å². The number of benzene rings is 1. The van der Waals surface area contributed by atoms with Gasteiger partial charge in [-0.05, 0) is 37.6 Å². The molecule has 0 atom stereocenters. The lowest BCUT2D eigenvalue weighted by Crippen LogP contribution is -2.56. The van der Waals surface area contributed by atoms with Gasteiger partial charge < -0.3 is 15.6 Å². The second-order valence-electron chi connectivity index (χ2n) is 4.96. The molecule has 3 N–H and O–H groups in total. The van der Waals surface area contributed by atoms with E-state index in [0.717, 1.165) is 35.2 Å². The van der Waals surface area contributed by atoms with Crippen LogP contribution < -0.4 is 10.6 Å². The number of carbonyl (C=O) groups is 1. The largest absolute Gasteiger partial charge is 0.358 e. The molecule has 18 heavy (non-hydrogen) atoms. The van der Waals surface area contributed by atoms with Crippen molar-refractivity contribution in [1.29, 1.82) is 0 Å². The highest BCUT2D eigenvalue weighted by atomic mass is 16.1. The molecular formula is C14H17N3O. The Morgan fingerprint density at radius 1 is 1.33 bits per heavy atom. The third-order valence-corrected chi connectivity index (χ3v) is 3.69. The molecule has 1 aromatic heterocycles. The van der Waals surface area contributed by atoms with Gasteiger partial charge in [-0.2, -0.15) is 0 Å². The Hall–Kier alpha value is -1.81. The summed E-state index contributed by atoms with van der Waals surface area (Å²) in [6, 6.07) is 6.10. The van der Waals surface area contributed by atoms with Gasteiger partial charge in [0.1, 0.15) is 0 Å². The van der Waals surface area contributed by atoms with Crippen LogP contribution in [0.4, 0.5) is 0 Å². The Kier molecular flexibility index (Phi) is 2.59. The summed E-state index contributed by atoms with van der Waals surface area (Å²) in [6.45, 7) is 5.87. The van der Waals surface area contributed by atoms with Gasteiger partial charge in [-0.25, -0.2) is 0 Å². The van der Waals surface area contributed by atoms with E-state index in [4.69, 9.17) is 0 Å². The van der Waals surface area contributed by atoms with Gasteiger partial charge in [-0.1, -0.05) is 0 Å². The normalized spacial score (nSPS) is 15.7. The second kappa shape index (κ2) is 4.14. The summed E-state index contributed by atoms with van der Waals surface area (Å²) in [7, 11) is 0. The molecular weight excluding hydrogens is 226 g/mol. The van der Waals surface area contributed by atoms with Crippen LogP contribution in [0.5, 0.6) is 0 Å². The number of hydrogen-bond acceptors (Lipinski definition) is 2. The molecule has 94 valence electrons. The van der Waals surface area contributed by atoms with E-state index < -0.39 is 0 Å². The monoisotopic (exact) mass is 243 g/mol. The number of nitrogens with one attached hydrogen (secondary N) is 3. The minimum Gasteiger partial charge on any atom is -0.358 e. The third-order valence-electron chi connectivity index (χ3n) is 3.69. The first kappa shape index (κ1) is 11.3. The van der Waals surface area contributed by atoms with E-state index in [-0.39, 0.29) is 11.9 Å². The van der Waals surface area contributed by atoms with Crippen molar-refractivity contribution in [2.24, 2.45) is 0 Å². The lowest BCUT2D eigenvalue weighted by Gasteiger charge is -2.27. The van der Waals surface area contributed by atoms with Gasteiger partial charge in [0.15, 0.2) is 0 Å². The highest BCUT2D eigenvalue weighted by Crippen LogP contribution is 2.22.